The molecular formula is C13H16BI2N5. The second-order valence-corrected chi connectivity index (χ2v) is 8.35. The van der Waals surface area contributed by atoms with Crippen molar-refractivity contribution >= 4 is 76.4 Å². The number of rotatable bonds is 6. The Morgan fingerprint density at radius 3 is 2.76 bits per heavy atom. The molecule has 110 valence electrons. The number of aromatic nitrogens is 2. The third-order valence-corrected chi connectivity index (χ3v) is 3.94. The average molecular weight is 507 g/mol. The van der Waals surface area contributed by atoms with E-state index in [2.05, 4.69) is 98.4 Å². The van der Waals surface area contributed by atoms with Gasteiger partial charge in [-0.3, -0.25) is 0 Å². The molecule has 0 spiro atoms. The molecule has 0 saturated heterocycles. The Morgan fingerprint density at radius 2 is 2.10 bits per heavy atom. The van der Waals surface area contributed by atoms with Gasteiger partial charge in [0, 0.05) is 13.6 Å². The summed E-state index contributed by atoms with van der Waals surface area (Å²) in [4.78, 5) is 8.61. The van der Waals surface area contributed by atoms with Gasteiger partial charge in [-0.1, -0.05) is 29.7 Å². The van der Waals surface area contributed by atoms with E-state index in [1.165, 1.54) is 11.0 Å². The summed E-state index contributed by atoms with van der Waals surface area (Å²) in [6.45, 7) is 0.830. The summed E-state index contributed by atoms with van der Waals surface area (Å²) in [7, 11) is 3.99. The first-order valence-corrected chi connectivity index (χ1v) is 8.48. The zero-order valence-electron chi connectivity index (χ0n) is 11.9. The topological polar surface area (TPSA) is 53.1 Å². The van der Waals surface area contributed by atoms with Crippen LogP contribution in [0.1, 0.15) is 5.56 Å². The van der Waals surface area contributed by atoms with Crippen LogP contribution in [0.15, 0.2) is 30.6 Å². The van der Waals surface area contributed by atoms with Crippen LogP contribution in [0.3, 0.4) is 0 Å². The van der Waals surface area contributed by atoms with Crippen LogP contribution in [-0.4, -0.2) is 31.4 Å². The minimum atomic E-state index is 0.827. The smallest absolute Gasteiger partial charge is 0.175 e. The number of anilines is 3. The fourth-order valence-corrected chi connectivity index (χ4v) is 2.79. The van der Waals surface area contributed by atoms with Gasteiger partial charge in [0.25, 0.3) is 0 Å². The molecule has 0 aliphatic heterocycles. The first-order chi connectivity index (χ1) is 10.1. The van der Waals surface area contributed by atoms with Gasteiger partial charge in [0.15, 0.2) is 11.6 Å². The van der Waals surface area contributed by atoms with Crippen LogP contribution in [0.4, 0.5) is 17.3 Å². The van der Waals surface area contributed by atoms with Crippen molar-refractivity contribution in [3.8, 4) is 0 Å². The van der Waals surface area contributed by atoms with Crippen molar-refractivity contribution in [2.75, 3.05) is 25.6 Å². The van der Waals surface area contributed by atoms with Gasteiger partial charge >= 0.3 is 0 Å². The van der Waals surface area contributed by atoms with Gasteiger partial charge in [-0.2, -0.15) is 0 Å². The molecule has 2 aromatic rings. The SMILES string of the molecule is Bc1cccc(CCNc2ncnc(N(I)I)c2NC)c1. The van der Waals surface area contributed by atoms with Gasteiger partial charge in [-0.15, -0.1) is 0 Å². The summed E-state index contributed by atoms with van der Waals surface area (Å²) in [6, 6.07) is 8.57. The Bertz CT molecular complexity index is 609. The highest BCUT2D eigenvalue weighted by atomic mass is 127. The molecule has 0 aliphatic carbocycles. The Kier molecular flexibility index (Phi) is 6.33. The monoisotopic (exact) mass is 507 g/mol. The fraction of sp³-hybridized carbons (Fsp3) is 0.231. The second-order valence-electron chi connectivity index (χ2n) is 4.57. The molecule has 2 N–H and O–H groups in total. The molecule has 5 nitrogen and oxygen atoms in total. The van der Waals surface area contributed by atoms with E-state index in [-0.39, 0.29) is 0 Å². The van der Waals surface area contributed by atoms with Crippen molar-refractivity contribution in [1.29, 1.82) is 0 Å². The number of nitrogens with zero attached hydrogens (tertiary/aromatic N) is 3. The van der Waals surface area contributed by atoms with Gasteiger partial charge in [0.1, 0.15) is 19.9 Å². The molecule has 1 heterocycles. The van der Waals surface area contributed by atoms with Crippen LogP contribution in [-0.2, 0) is 6.42 Å². The van der Waals surface area contributed by atoms with Gasteiger partial charge in [0.2, 0.25) is 0 Å². The largest absolute Gasteiger partial charge is 0.382 e. The first kappa shape index (κ1) is 16.6. The van der Waals surface area contributed by atoms with Gasteiger partial charge < -0.3 is 10.6 Å². The summed E-state index contributed by atoms with van der Waals surface area (Å²) in [5, 5.41) is 6.54. The highest BCUT2D eigenvalue weighted by Crippen LogP contribution is 2.33. The van der Waals surface area contributed by atoms with Crippen LogP contribution < -0.4 is 17.4 Å². The molecule has 0 unspecified atom stereocenters. The molecule has 0 bridgehead atoms. The Labute approximate surface area is 153 Å². The lowest BCUT2D eigenvalue weighted by molar-refractivity contribution is 1.00. The summed E-state index contributed by atoms with van der Waals surface area (Å²) in [5.41, 5.74) is 3.52. The third-order valence-electron chi connectivity index (χ3n) is 3.03. The molecule has 8 heteroatoms. The van der Waals surface area contributed by atoms with Crippen molar-refractivity contribution in [2.45, 2.75) is 6.42 Å². The molecule has 1 aromatic heterocycles. The van der Waals surface area contributed by atoms with E-state index in [1.54, 1.807) is 6.33 Å². The zero-order valence-corrected chi connectivity index (χ0v) is 16.2. The molecule has 0 radical (unpaired) electrons. The predicted octanol–water partition coefficient (Wildman–Crippen LogP) is 1.94. The van der Waals surface area contributed by atoms with E-state index in [0.717, 1.165) is 30.3 Å². The minimum absolute atomic E-state index is 0.827. The lowest BCUT2D eigenvalue weighted by atomic mass is 9.94. The van der Waals surface area contributed by atoms with Gasteiger partial charge in [-0.05, 0) is 12.0 Å². The minimum Gasteiger partial charge on any atom is -0.382 e. The summed E-state index contributed by atoms with van der Waals surface area (Å²) in [5.74, 6) is 1.68. The average Bonchev–Trinajstić information content (AvgIpc) is 2.47. The van der Waals surface area contributed by atoms with Gasteiger partial charge in [0.05, 0.1) is 45.7 Å². The van der Waals surface area contributed by atoms with Crippen molar-refractivity contribution in [1.82, 2.24) is 9.97 Å². The van der Waals surface area contributed by atoms with Gasteiger partial charge in [-0.25, -0.2) is 11.3 Å². The highest BCUT2D eigenvalue weighted by molar-refractivity contribution is 14.2. The molecule has 2 rings (SSSR count). The van der Waals surface area contributed by atoms with Crippen LogP contribution in [0.2, 0.25) is 0 Å². The summed E-state index contributed by atoms with van der Waals surface area (Å²) >= 11 is 4.37. The molecule has 1 aromatic carbocycles. The Morgan fingerprint density at radius 1 is 1.29 bits per heavy atom. The third kappa shape index (κ3) is 4.60. The quantitative estimate of drug-likeness (QED) is 0.356. The maximum absolute atomic E-state index is 4.32. The van der Waals surface area contributed by atoms with Crippen molar-refractivity contribution in [3.63, 3.8) is 0 Å². The highest BCUT2D eigenvalue weighted by Gasteiger charge is 2.12. The number of hydrogen-bond donors (Lipinski definition) is 2. The predicted molar refractivity (Wildman–Crippen MR) is 109 cm³/mol. The standard InChI is InChI=1S/C13H16BI2N5/c1-17-11-12(19-8-20-13(11)21(15)16)18-6-5-9-3-2-4-10(14)7-9/h2-4,7-8,17H,5-6,14H2,1H3,(H,18,19,20). The number of nitrogens with one attached hydrogen (secondary N) is 2. The van der Waals surface area contributed by atoms with Crippen LogP contribution in [0.25, 0.3) is 0 Å². The lowest BCUT2D eigenvalue weighted by Crippen LogP contribution is -2.12. The molecule has 0 aliphatic rings. The molecule has 0 saturated carbocycles. The lowest BCUT2D eigenvalue weighted by Gasteiger charge is -2.15. The number of benzene rings is 1. The van der Waals surface area contributed by atoms with Crippen LogP contribution in [0.5, 0.6) is 0 Å². The summed E-state index contributed by atoms with van der Waals surface area (Å²) in [6.07, 6.45) is 2.54. The molecule has 21 heavy (non-hydrogen) atoms. The zero-order chi connectivity index (χ0) is 15.2. The van der Waals surface area contributed by atoms with Crippen molar-refractivity contribution in [3.05, 3.63) is 36.2 Å². The van der Waals surface area contributed by atoms with E-state index in [1.807, 2.05) is 8.37 Å². The normalized spacial score (nSPS) is 10.2. The van der Waals surface area contributed by atoms with Crippen LogP contribution >= 0.6 is 45.7 Å². The van der Waals surface area contributed by atoms with E-state index in [0.29, 0.717) is 0 Å². The molecule has 0 atom stereocenters. The maximum Gasteiger partial charge on any atom is 0.175 e. The fourth-order valence-electron chi connectivity index (χ4n) is 2.06. The first-order valence-electron chi connectivity index (χ1n) is 6.55. The van der Waals surface area contributed by atoms with Crippen molar-refractivity contribution < 1.29 is 0 Å². The molecular weight excluding hydrogens is 491 g/mol. The number of halogens is 2. The van der Waals surface area contributed by atoms with Crippen LogP contribution in [0, 0.1) is 0 Å². The Hall–Kier alpha value is -0.775. The molecule has 0 fully saturated rings. The van der Waals surface area contributed by atoms with E-state index in [9.17, 15) is 0 Å². The summed E-state index contributed by atoms with van der Waals surface area (Å²) < 4.78 is 1.91. The maximum atomic E-state index is 4.32. The second kappa shape index (κ2) is 8.02. The van der Waals surface area contributed by atoms with E-state index >= 15 is 0 Å². The molecule has 0 amide bonds. The van der Waals surface area contributed by atoms with Crippen molar-refractivity contribution in [2.24, 2.45) is 0 Å². The Balaban J connectivity index is 2.05. The van der Waals surface area contributed by atoms with E-state index in [4.69, 9.17) is 0 Å². The van der Waals surface area contributed by atoms with E-state index < -0.39 is 0 Å². The number of hydrogen-bond acceptors (Lipinski definition) is 5.